The molecule has 1 aromatic carbocycles. The van der Waals surface area contributed by atoms with Gasteiger partial charge in [-0.1, -0.05) is 30.7 Å². The number of aromatic nitrogens is 2. The fourth-order valence-corrected chi connectivity index (χ4v) is 3.18. The molecule has 0 bridgehead atoms. The summed E-state index contributed by atoms with van der Waals surface area (Å²) in [6.45, 7) is 8.85. The summed E-state index contributed by atoms with van der Waals surface area (Å²) in [7, 11) is 0. The molecule has 7 heteroatoms. The van der Waals surface area contributed by atoms with Crippen LogP contribution in [0, 0.1) is 0 Å². The van der Waals surface area contributed by atoms with Gasteiger partial charge in [0.25, 0.3) is 5.56 Å². The highest BCUT2D eigenvalue weighted by Gasteiger charge is 2.19. The van der Waals surface area contributed by atoms with Crippen molar-refractivity contribution in [1.29, 1.82) is 0 Å². The zero-order valence-electron chi connectivity index (χ0n) is 16.3. The van der Waals surface area contributed by atoms with Gasteiger partial charge < -0.3 is 9.47 Å². The highest BCUT2D eigenvalue weighted by atomic mass is 35.5. The van der Waals surface area contributed by atoms with E-state index in [4.69, 9.17) is 21.1 Å². The molecule has 0 saturated heterocycles. The third-order valence-electron chi connectivity index (χ3n) is 3.68. The Morgan fingerprint density at radius 3 is 2.48 bits per heavy atom. The van der Waals surface area contributed by atoms with Crippen LogP contribution in [0.3, 0.4) is 0 Å². The van der Waals surface area contributed by atoms with Crippen molar-refractivity contribution >= 4 is 23.4 Å². The minimum Gasteiger partial charge on any atom is -0.493 e. The molecular formula is C20H27ClN2O3S. The lowest BCUT2D eigenvalue weighted by Crippen LogP contribution is -2.36. The summed E-state index contributed by atoms with van der Waals surface area (Å²) < 4.78 is 12.8. The number of rotatable bonds is 9. The Bertz CT molecular complexity index is 785. The lowest BCUT2D eigenvalue weighted by molar-refractivity contribution is 0.292. The first-order chi connectivity index (χ1) is 12.8. The van der Waals surface area contributed by atoms with E-state index < -0.39 is 5.54 Å². The normalized spacial score (nSPS) is 11.4. The van der Waals surface area contributed by atoms with Crippen LogP contribution in [-0.4, -0.2) is 27.9 Å². The molecule has 0 unspecified atom stereocenters. The Morgan fingerprint density at radius 2 is 1.85 bits per heavy atom. The molecule has 0 aliphatic rings. The molecule has 0 aliphatic carbocycles. The number of nitrogens with zero attached hydrogens (tertiary/aromatic N) is 2. The first kappa shape index (κ1) is 21.6. The lowest BCUT2D eigenvalue weighted by atomic mass is 10.1. The van der Waals surface area contributed by atoms with E-state index >= 15 is 0 Å². The largest absolute Gasteiger partial charge is 0.493 e. The predicted octanol–water partition coefficient (Wildman–Crippen LogP) is 4.75. The first-order valence-corrected chi connectivity index (χ1v) is 10.6. The number of thioether (sulfide) groups is 1. The second-order valence-electron chi connectivity index (χ2n) is 7.10. The number of hydrogen-bond acceptors (Lipinski definition) is 5. The molecule has 27 heavy (non-hydrogen) atoms. The van der Waals surface area contributed by atoms with Crippen LogP contribution in [0.2, 0.25) is 5.02 Å². The van der Waals surface area contributed by atoms with Gasteiger partial charge >= 0.3 is 0 Å². The van der Waals surface area contributed by atoms with Gasteiger partial charge in [0.15, 0.2) is 10.8 Å². The molecule has 0 saturated carbocycles. The van der Waals surface area contributed by atoms with Crippen molar-refractivity contribution in [3.05, 3.63) is 51.4 Å². The molecule has 1 aromatic heterocycles. The monoisotopic (exact) mass is 410 g/mol. The molecule has 5 nitrogen and oxygen atoms in total. The average Bonchev–Trinajstić information content (AvgIpc) is 2.63. The van der Waals surface area contributed by atoms with E-state index in [1.807, 2.05) is 56.8 Å². The molecule has 0 fully saturated rings. The highest BCUT2D eigenvalue weighted by molar-refractivity contribution is 7.99. The molecule has 0 radical (unpaired) electrons. The summed E-state index contributed by atoms with van der Waals surface area (Å²) in [5.74, 6) is 3.28. The van der Waals surface area contributed by atoms with Crippen molar-refractivity contribution in [3.8, 4) is 11.5 Å². The molecule has 0 aliphatic heterocycles. The van der Waals surface area contributed by atoms with Crippen LogP contribution in [0.15, 0.2) is 35.3 Å². The minimum atomic E-state index is -0.440. The Kier molecular flexibility index (Phi) is 8.05. The first-order valence-electron chi connectivity index (χ1n) is 9.03. The Hall–Kier alpha value is -1.66. The van der Waals surface area contributed by atoms with E-state index in [1.54, 1.807) is 0 Å². The fourth-order valence-electron chi connectivity index (χ4n) is 2.30. The second-order valence-corrected chi connectivity index (χ2v) is 8.71. The summed E-state index contributed by atoms with van der Waals surface area (Å²) in [5.41, 5.74) is 0.162. The zero-order chi connectivity index (χ0) is 19.9. The van der Waals surface area contributed by atoms with Gasteiger partial charge in [-0.15, -0.1) is 0 Å². The van der Waals surface area contributed by atoms with Crippen LogP contribution in [0.5, 0.6) is 11.5 Å². The van der Waals surface area contributed by atoms with Crippen LogP contribution < -0.4 is 15.0 Å². The number of ether oxygens (including phenoxy) is 2. The minimum absolute atomic E-state index is 0.0458. The molecule has 0 N–H and O–H groups in total. The van der Waals surface area contributed by atoms with Crippen LogP contribution in [0.25, 0.3) is 0 Å². The molecule has 2 rings (SSSR count). The van der Waals surface area contributed by atoms with Gasteiger partial charge in [-0.05, 0) is 50.6 Å². The van der Waals surface area contributed by atoms with Gasteiger partial charge in [0.05, 0.1) is 18.3 Å². The number of benzene rings is 1. The summed E-state index contributed by atoms with van der Waals surface area (Å²) in [6, 6.07) is 7.71. The third kappa shape index (κ3) is 6.47. The van der Waals surface area contributed by atoms with Crippen molar-refractivity contribution in [2.45, 2.75) is 46.3 Å². The van der Waals surface area contributed by atoms with Crippen LogP contribution in [0.4, 0.5) is 0 Å². The third-order valence-corrected chi connectivity index (χ3v) is 5.19. The average molecular weight is 411 g/mol. The maximum absolute atomic E-state index is 12.3. The predicted molar refractivity (Wildman–Crippen MR) is 112 cm³/mol. The maximum atomic E-state index is 12.3. The van der Waals surface area contributed by atoms with E-state index in [0.717, 1.165) is 22.8 Å². The lowest BCUT2D eigenvalue weighted by Gasteiger charge is -2.21. The van der Waals surface area contributed by atoms with Crippen molar-refractivity contribution in [2.75, 3.05) is 18.1 Å². The topological polar surface area (TPSA) is 53.4 Å². The maximum Gasteiger partial charge on any atom is 0.289 e. The fraction of sp³-hybridized carbons (Fsp3) is 0.500. The standard InChI is InChI=1S/C20H27ClN2O3S/c1-5-11-27-12-10-25-16-8-6-15(7-9-16)14-26-17-13-22-23(20(2,3)4)19(24)18(17)21/h6-9,13H,5,10-12,14H2,1-4H3. The Labute approximate surface area is 170 Å². The van der Waals surface area contributed by atoms with Gasteiger partial charge in [-0.25, -0.2) is 4.68 Å². The van der Waals surface area contributed by atoms with Crippen LogP contribution in [0.1, 0.15) is 39.7 Å². The zero-order valence-corrected chi connectivity index (χ0v) is 17.9. The molecule has 0 spiro atoms. The summed E-state index contributed by atoms with van der Waals surface area (Å²) in [6.07, 6.45) is 2.67. The van der Waals surface area contributed by atoms with Crippen molar-refractivity contribution in [3.63, 3.8) is 0 Å². The summed E-state index contributed by atoms with van der Waals surface area (Å²) in [4.78, 5) is 12.3. The van der Waals surface area contributed by atoms with Gasteiger partial charge in [0.1, 0.15) is 12.4 Å². The van der Waals surface area contributed by atoms with Gasteiger partial charge in [0.2, 0.25) is 0 Å². The summed E-state index contributed by atoms with van der Waals surface area (Å²) in [5, 5.41) is 4.21. The number of hydrogen-bond donors (Lipinski definition) is 0. The van der Waals surface area contributed by atoms with E-state index in [2.05, 4.69) is 12.0 Å². The Balaban J connectivity index is 1.91. The SMILES string of the molecule is CCCSCCOc1ccc(COc2cnn(C(C)(C)C)c(=O)c2Cl)cc1. The number of halogens is 1. The van der Waals surface area contributed by atoms with Crippen LogP contribution >= 0.6 is 23.4 Å². The van der Waals surface area contributed by atoms with Gasteiger partial charge in [-0.2, -0.15) is 16.9 Å². The van der Waals surface area contributed by atoms with E-state index in [-0.39, 0.29) is 16.3 Å². The van der Waals surface area contributed by atoms with E-state index in [9.17, 15) is 4.79 Å². The molecule has 0 atom stereocenters. The highest BCUT2D eigenvalue weighted by Crippen LogP contribution is 2.22. The molecular weight excluding hydrogens is 384 g/mol. The van der Waals surface area contributed by atoms with Crippen LogP contribution in [-0.2, 0) is 12.1 Å². The smallest absolute Gasteiger partial charge is 0.289 e. The van der Waals surface area contributed by atoms with Gasteiger partial charge in [-0.3, -0.25) is 4.79 Å². The Morgan fingerprint density at radius 1 is 1.15 bits per heavy atom. The molecule has 1 heterocycles. The van der Waals surface area contributed by atoms with E-state index in [0.29, 0.717) is 13.2 Å². The molecule has 2 aromatic rings. The van der Waals surface area contributed by atoms with Crippen molar-refractivity contribution in [1.82, 2.24) is 9.78 Å². The van der Waals surface area contributed by atoms with Crippen molar-refractivity contribution < 1.29 is 9.47 Å². The van der Waals surface area contributed by atoms with E-state index in [1.165, 1.54) is 17.3 Å². The molecule has 148 valence electrons. The quantitative estimate of drug-likeness (QED) is 0.558. The van der Waals surface area contributed by atoms with Crippen molar-refractivity contribution in [2.24, 2.45) is 0 Å². The van der Waals surface area contributed by atoms with Gasteiger partial charge in [0, 0.05) is 5.75 Å². The second kappa shape index (κ2) is 10.0. The summed E-state index contributed by atoms with van der Waals surface area (Å²) >= 11 is 8.06. The molecule has 0 amide bonds.